The van der Waals surface area contributed by atoms with Crippen LogP contribution in [0.3, 0.4) is 0 Å². The van der Waals surface area contributed by atoms with Crippen molar-refractivity contribution in [1.29, 1.82) is 0 Å². The molecule has 0 N–H and O–H groups in total. The number of hydrogen-bond donors (Lipinski definition) is 0. The third-order valence-corrected chi connectivity index (χ3v) is 3.41. The van der Waals surface area contributed by atoms with Crippen LogP contribution in [0.25, 0.3) is 22.6 Å². The van der Waals surface area contributed by atoms with Gasteiger partial charge in [0, 0.05) is 16.7 Å². The Labute approximate surface area is 119 Å². The summed E-state index contributed by atoms with van der Waals surface area (Å²) in [6, 6.07) is 9.78. The number of halogens is 1. The average Bonchev–Trinajstić information content (AvgIpc) is 2.84. The molecule has 0 fully saturated rings. The van der Waals surface area contributed by atoms with E-state index < -0.39 is 4.92 Å². The minimum absolute atomic E-state index is 0.0208. The predicted molar refractivity (Wildman–Crippen MR) is 75.8 cm³/mol. The molecule has 0 radical (unpaired) electrons. The smallest absolute Gasteiger partial charge is 0.273 e. The van der Waals surface area contributed by atoms with Crippen molar-refractivity contribution in [2.75, 3.05) is 0 Å². The Morgan fingerprint density at radius 2 is 2.05 bits per heavy atom. The van der Waals surface area contributed by atoms with Crippen LogP contribution >= 0.6 is 11.6 Å². The highest BCUT2D eigenvalue weighted by molar-refractivity contribution is 6.31. The molecule has 0 saturated heterocycles. The van der Waals surface area contributed by atoms with Crippen molar-refractivity contribution in [3.63, 3.8) is 0 Å². The Balaban J connectivity index is 2.12. The van der Waals surface area contributed by atoms with Gasteiger partial charge in [0.1, 0.15) is 5.52 Å². The normalized spacial score (nSPS) is 10.9. The van der Waals surface area contributed by atoms with Crippen molar-refractivity contribution in [3.05, 3.63) is 57.1 Å². The lowest BCUT2D eigenvalue weighted by molar-refractivity contribution is -0.384. The monoisotopic (exact) mass is 288 g/mol. The lowest BCUT2D eigenvalue weighted by Gasteiger charge is -1.99. The van der Waals surface area contributed by atoms with Crippen molar-refractivity contribution in [2.45, 2.75) is 6.92 Å². The molecular weight excluding hydrogens is 280 g/mol. The standard InChI is InChI=1S/C14H9ClN2O3/c1-8-6-9(2-4-11(8)15)14-16-12-5-3-10(17(18)19)7-13(12)20-14/h2-7H,1H3. The van der Waals surface area contributed by atoms with E-state index in [4.69, 9.17) is 16.0 Å². The fourth-order valence-electron chi connectivity index (χ4n) is 1.93. The molecule has 0 unspecified atom stereocenters. The number of aryl methyl sites for hydroxylation is 1. The molecule has 0 saturated carbocycles. The number of rotatable bonds is 2. The molecule has 2 aromatic carbocycles. The average molecular weight is 289 g/mol. The molecule has 0 aliphatic heterocycles. The highest BCUT2D eigenvalue weighted by atomic mass is 35.5. The van der Waals surface area contributed by atoms with E-state index in [1.807, 2.05) is 13.0 Å². The molecule has 0 bridgehead atoms. The van der Waals surface area contributed by atoms with Gasteiger partial charge in [-0.15, -0.1) is 0 Å². The summed E-state index contributed by atoms with van der Waals surface area (Å²) >= 11 is 5.98. The van der Waals surface area contributed by atoms with Crippen molar-refractivity contribution in [3.8, 4) is 11.5 Å². The van der Waals surface area contributed by atoms with Gasteiger partial charge in [0.15, 0.2) is 5.58 Å². The first-order chi connectivity index (χ1) is 9.54. The zero-order chi connectivity index (χ0) is 14.3. The summed E-state index contributed by atoms with van der Waals surface area (Å²) in [5.74, 6) is 0.417. The summed E-state index contributed by atoms with van der Waals surface area (Å²) in [6.45, 7) is 1.89. The number of nitrogens with zero attached hydrogens (tertiary/aromatic N) is 2. The second kappa shape index (κ2) is 4.61. The van der Waals surface area contributed by atoms with E-state index in [2.05, 4.69) is 4.98 Å². The molecule has 6 heteroatoms. The quantitative estimate of drug-likeness (QED) is 0.519. The Morgan fingerprint density at radius 1 is 1.25 bits per heavy atom. The molecule has 20 heavy (non-hydrogen) atoms. The third kappa shape index (κ3) is 2.12. The Bertz CT molecular complexity index is 826. The topological polar surface area (TPSA) is 69.2 Å². The Morgan fingerprint density at radius 3 is 2.75 bits per heavy atom. The summed E-state index contributed by atoms with van der Waals surface area (Å²) in [4.78, 5) is 14.6. The number of non-ortho nitro benzene ring substituents is 1. The van der Waals surface area contributed by atoms with Crippen LogP contribution in [0.2, 0.25) is 5.02 Å². The van der Waals surface area contributed by atoms with Crippen LogP contribution in [0.4, 0.5) is 5.69 Å². The van der Waals surface area contributed by atoms with E-state index in [1.54, 1.807) is 18.2 Å². The van der Waals surface area contributed by atoms with Gasteiger partial charge in [-0.2, -0.15) is 0 Å². The minimum Gasteiger partial charge on any atom is -0.436 e. The fourth-order valence-corrected chi connectivity index (χ4v) is 2.05. The zero-order valence-electron chi connectivity index (χ0n) is 10.5. The molecule has 0 aliphatic rings. The molecule has 3 rings (SSSR count). The molecule has 1 aromatic heterocycles. The molecule has 0 atom stereocenters. The highest BCUT2D eigenvalue weighted by Crippen LogP contribution is 2.29. The lowest BCUT2D eigenvalue weighted by atomic mass is 10.1. The Kier molecular flexibility index (Phi) is 2.91. The van der Waals surface area contributed by atoms with Crippen LogP contribution in [0.1, 0.15) is 5.56 Å². The number of fused-ring (bicyclic) bond motifs is 1. The van der Waals surface area contributed by atoms with Gasteiger partial charge in [0.05, 0.1) is 11.0 Å². The first-order valence-electron chi connectivity index (χ1n) is 5.86. The summed E-state index contributed by atoms with van der Waals surface area (Å²) in [5, 5.41) is 11.4. The van der Waals surface area contributed by atoms with Crippen molar-refractivity contribution in [1.82, 2.24) is 4.98 Å². The fraction of sp³-hybridized carbons (Fsp3) is 0.0714. The molecule has 0 spiro atoms. The van der Waals surface area contributed by atoms with Crippen LogP contribution in [-0.4, -0.2) is 9.91 Å². The van der Waals surface area contributed by atoms with Crippen LogP contribution < -0.4 is 0 Å². The first kappa shape index (κ1) is 12.6. The third-order valence-electron chi connectivity index (χ3n) is 2.99. The molecule has 0 amide bonds. The van der Waals surface area contributed by atoms with Gasteiger partial charge in [-0.05, 0) is 36.8 Å². The van der Waals surface area contributed by atoms with Crippen LogP contribution in [0.5, 0.6) is 0 Å². The van der Waals surface area contributed by atoms with Crippen molar-refractivity contribution >= 4 is 28.4 Å². The van der Waals surface area contributed by atoms with E-state index in [1.165, 1.54) is 12.1 Å². The van der Waals surface area contributed by atoms with Crippen molar-refractivity contribution in [2.24, 2.45) is 0 Å². The van der Waals surface area contributed by atoms with Gasteiger partial charge < -0.3 is 4.42 Å². The molecule has 5 nitrogen and oxygen atoms in total. The summed E-state index contributed by atoms with van der Waals surface area (Å²) in [7, 11) is 0. The van der Waals surface area contributed by atoms with Crippen LogP contribution in [0, 0.1) is 17.0 Å². The van der Waals surface area contributed by atoms with Crippen LogP contribution in [0.15, 0.2) is 40.8 Å². The largest absolute Gasteiger partial charge is 0.436 e. The predicted octanol–water partition coefficient (Wildman–Crippen LogP) is 4.36. The second-order valence-corrected chi connectivity index (χ2v) is 4.80. The molecule has 3 aromatic rings. The number of hydrogen-bond acceptors (Lipinski definition) is 4. The molecule has 100 valence electrons. The number of benzene rings is 2. The molecule has 0 aliphatic carbocycles. The minimum atomic E-state index is -0.464. The highest BCUT2D eigenvalue weighted by Gasteiger charge is 2.13. The SMILES string of the molecule is Cc1cc(-c2nc3ccc([N+](=O)[O-])cc3o2)ccc1Cl. The number of aromatic nitrogens is 1. The number of oxazole rings is 1. The first-order valence-corrected chi connectivity index (χ1v) is 6.24. The zero-order valence-corrected chi connectivity index (χ0v) is 11.2. The summed E-state index contributed by atoms with van der Waals surface area (Å²) in [6.07, 6.45) is 0. The maximum absolute atomic E-state index is 10.7. The lowest BCUT2D eigenvalue weighted by Crippen LogP contribution is -1.86. The molecule has 1 heterocycles. The van der Waals surface area contributed by atoms with Gasteiger partial charge in [0.25, 0.3) is 5.69 Å². The maximum Gasteiger partial charge on any atom is 0.273 e. The van der Waals surface area contributed by atoms with E-state index in [-0.39, 0.29) is 5.69 Å². The van der Waals surface area contributed by atoms with Crippen molar-refractivity contribution < 1.29 is 9.34 Å². The van der Waals surface area contributed by atoms with Gasteiger partial charge in [-0.1, -0.05) is 11.6 Å². The van der Waals surface area contributed by atoms with E-state index in [0.29, 0.717) is 22.0 Å². The van der Waals surface area contributed by atoms with E-state index >= 15 is 0 Å². The maximum atomic E-state index is 10.7. The summed E-state index contributed by atoms with van der Waals surface area (Å²) < 4.78 is 5.58. The van der Waals surface area contributed by atoms with E-state index in [0.717, 1.165) is 11.1 Å². The molecular formula is C14H9ClN2O3. The number of nitro benzene ring substituents is 1. The van der Waals surface area contributed by atoms with Gasteiger partial charge in [-0.25, -0.2) is 4.98 Å². The second-order valence-electron chi connectivity index (χ2n) is 4.39. The van der Waals surface area contributed by atoms with Crippen LogP contribution in [-0.2, 0) is 0 Å². The van der Waals surface area contributed by atoms with Gasteiger partial charge in [0.2, 0.25) is 5.89 Å². The van der Waals surface area contributed by atoms with E-state index in [9.17, 15) is 10.1 Å². The van der Waals surface area contributed by atoms with Gasteiger partial charge in [-0.3, -0.25) is 10.1 Å². The van der Waals surface area contributed by atoms with Gasteiger partial charge >= 0.3 is 0 Å². The Hall–Kier alpha value is -2.40. The number of nitro groups is 1. The summed E-state index contributed by atoms with van der Waals surface area (Å²) in [5.41, 5.74) is 2.65.